The number of para-hydroxylation sites is 1. The number of ketones is 1. The zero-order chi connectivity index (χ0) is 24.6. The molecule has 6 nitrogen and oxygen atoms in total. The molecular weight excluding hydrogens is 430 g/mol. The molecule has 1 aliphatic heterocycles. The molecule has 0 aliphatic carbocycles. The van der Waals surface area contributed by atoms with Crippen LogP contribution in [0.15, 0.2) is 66.2 Å². The number of benzene rings is 3. The standard InChI is InChI=1S/C28H27NO5/c1-16-10-12-20(15-17(16)2)29-25(21-8-6-7-9-23(21)34-5)24(27(31)28(29)32)26(30)19-11-13-22(33-4)18(3)14-19/h6-15,25,30H,1-5H3/b26-24+. The smallest absolute Gasteiger partial charge is 0.300 e. The Balaban J connectivity index is 1.98. The molecular formula is C28H27NO5. The predicted molar refractivity (Wildman–Crippen MR) is 131 cm³/mol. The third kappa shape index (κ3) is 3.81. The Morgan fingerprint density at radius 1 is 0.824 bits per heavy atom. The van der Waals surface area contributed by atoms with Crippen molar-refractivity contribution in [3.05, 3.63) is 94.1 Å². The molecule has 1 fully saturated rings. The molecule has 1 N–H and O–H groups in total. The van der Waals surface area contributed by atoms with E-state index in [1.54, 1.807) is 37.4 Å². The summed E-state index contributed by atoms with van der Waals surface area (Å²) in [7, 11) is 3.10. The molecule has 0 saturated carbocycles. The number of aliphatic hydroxyl groups excluding tert-OH is 1. The number of rotatable bonds is 5. The van der Waals surface area contributed by atoms with Crippen molar-refractivity contribution < 1.29 is 24.2 Å². The second-order valence-electron chi connectivity index (χ2n) is 8.36. The van der Waals surface area contributed by atoms with Gasteiger partial charge in [-0.2, -0.15) is 0 Å². The molecule has 34 heavy (non-hydrogen) atoms. The molecule has 1 unspecified atom stereocenters. The van der Waals surface area contributed by atoms with Crippen LogP contribution in [0.4, 0.5) is 5.69 Å². The maximum Gasteiger partial charge on any atom is 0.300 e. The Hall–Kier alpha value is -4.06. The molecule has 0 bridgehead atoms. The zero-order valence-corrected chi connectivity index (χ0v) is 19.9. The Bertz CT molecular complexity index is 1320. The maximum atomic E-state index is 13.4. The Morgan fingerprint density at radius 2 is 1.53 bits per heavy atom. The van der Waals surface area contributed by atoms with E-state index in [0.29, 0.717) is 28.3 Å². The lowest BCUT2D eigenvalue weighted by Crippen LogP contribution is -2.29. The van der Waals surface area contributed by atoms with Gasteiger partial charge < -0.3 is 14.6 Å². The van der Waals surface area contributed by atoms with E-state index in [-0.39, 0.29) is 11.3 Å². The van der Waals surface area contributed by atoms with Gasteiger partial charge in [-0.15, -0.1) is 0 Å². The number of Topliss-reactive ketones (excluding diaryl/α,β-unsaturated/α-hetero) is 1. The monoisotopic (exact) mass is 457 g/mol. The molecule has 1 heterocycles. The number of carbonyl (C=O) groups excluding carboxylic acids is 2. The second kappa shape index (κ2) is 9.06. The summed E-state index contributed by atoms with van der Waals surface area (Å²) in [5.74, 6) is -0.522. The van der Waals surface area contributed by atoms with E-state index in [2.05, 4.69) is 0 Å². The van der Waals surface area contributed by atoms with Gasteiger partial charge in [-0.1, -0.05) is 24.3 Å². The minimum atomic E-state index is -0.860. The number of carbonyl (C=O) groups is 2. The van der Waals surface area contributed by atoms with Crippen LogP contribution in [0, 0.1) is 20.8 Å². The van der Waals surface area contributed by atoms with Crippen LogP contribution in [-0.2, 0) is 9.59 Å². The van der Waals surface area contributed by atoms with Gasteiger partial charge in [0.25, 0.3) is 11.7 Å². The summed E-state index contributed by atoms with van der Waals surface area (Å²) in [6, 6.07) is 17.1. The highest BCUT2D eigenvalue weighted by molar-refractivity contribution is 6.51. The van der Waals surface area contributed by atoms with Crippen molar-refractivity contribution >= 4 is 23.1 Å². The summed E-state index contributed by atoms with van der Waals surface area (Å²) in [4.78, 5) is 28.2. The lowest BCUT2D eigenvalue weighted by atomic mass is 9.94. The predicted octanol–water partition coefficient (Wildman–Crippen LogP) is 5.26. The first-order valence-electron chi connectivity index (χ1n) is 10.9. The highest BCUT2D eigenvalue weighted by Crippen LogP contribution is 2.45. The van der Waals surface area contributed by atoms with Gasteiger partial charge in [0.05, 0.1) is 25.8 Å². The van der Waals surface area contributed by atoms with Crippen LogP contribution < -0.4 is 14.4 Å². The number of anilines is 1. The fourth-order valence-electron chi connectivity index (χ4n) is 4.34. The summed E-state index contributed by atoms with van der Waals surface area (Å²) >= 11 is 0. The van der Waals surface area contributed by atoms with Gasteiger partial charge in [0.15, 0.2) is 0 Å². The van der Waals surface area contributed by atoms with Crippen LogP contribution >= 0.6 is 0 Å². The van der Waals surface area contributed by atoms with Gasteiger partial charge in [0.2, 0.25) is 0 Å². The second-order valence-corrected chi connectivity index (χ2v) is 8.36. The number of ether oxygens (including phenoxy) is 2. The van der Waals surface area contributed by atoms with Gasteiger partial charge in [-0.3, -0.25) is 14.5 Å². The van der Waals surface area contributed by atoms with Crippen LogP contribution in [0.1, 0.15) is 33.9 Å². The van der Waals surface area contributed by atoms with Crippen molar-refractivity contribution in [1.82, 2.24) is 0 Å². The van der Waals surface area contributed by atoms with Gasteiger partial charge in [-0.05, 0) is 73.9 Å². The molecule has 3 aromatic rings. The van der Waals surface area contributed by atoms with Crippen molar-refractivity contribution in [2.24, 2.45) is 0 Å². The Labute approximate surface area is 199 Å². The summed E-state index contributed by atoms with van der Waals surface area (Å²) in [6.07, 6.45) is 0. The van der Waals surface area contributed by atoms with Crippen molar-refractivity contribution in [3.8, 4) is 11.5 Å². The minimum Gasteiger partial charge on any atom is -0.507 e. The molecule has 1 aliphatic rings. The van der Waals surface area contributed by atoms with Gasteiger partial charge in [0.1, 0.15) is 17.3 Å². The van der Waals surface area contributed by atoms with Crippen molar-refractivity contribution in [2.75, 3.05) is 19.1 Å². The summed E-state index contributed by atoms with van der Waals surface area (Å²) in [6.45, 7) is 5.78. The first kappa shape index (κ1) is 23.1. The van der Waals surface area contributed by atoms with E-state index < -0.39 is 17.7 Å². The van der Waals surface area contributed by atoms with Crippen molar-refractivity contribution in [1.29, 1.82) is 0 Å². The quantitative estimate of drug-likeness (QED) is 0.322. The number of aryl methyl sites for hydroxylation is 3. The molecule has 6 heteroatoms. The van der Waals surface area contributed by atoms with Crippen LogP contribution in [0.25, 0.3) is 5.76 Å². The Morgan fingerprint density at radius 3 is 2.18 bits per heavy atom. The molecule has 0 aromatic heterocycles. The largest absolute Gasteiger partial charge is 0.507 e. The third-order valence-electron chi connectivity index (χ3n) is 6.31. The lowest BCUT2D eigenvalue weighted by molar-refractivity contribution is -0.132. The van der Waals surface area contributed by atoms with E-state index in [1.807, 2.05) is 51.1 Å². The molecule has 0 spiro atoms. The molecule has 1 saturated heterocycles. The lowest BCUT2D eigenvalue weighted by Gasteiger charge is -2.27. The average molecular weight is 458 g/mol. The van der Waals surface area contributed by atoms with Crippen molar-refractivity contribution in [3.63, 3.8) is 0 Å². The van der Waals surface area contributed by atoms with E-state index in [0.717, 1.165) is 16.7 Å². The van der Waals surface area contributed by atoms with Crippen LogP contribution in [0.5, 0.6) is 11.5 Å². The molecule has 4 rings (SSSR count). The summed E-state index contributed by atoms with van der Waals surface area (Å²) in [5, 5.41) is 11.4. The molecule has 0 radical (unpaired) electrons. The number of methoxy groups -OCH3 is 2. The van der Waals surface area contributed by atoms with E-state index in [4.69, 9.17) is 9.47 Å². The Kier molecular flexibility index (Phi) is 6.16. The van der Waals surface area contributed by atoms with Gasteiger partial charge >= 0.3 is 0 Å². The molecule has 174 valence electrons. The van der Waals surface area contributed by atoms with Gasteiger partial charge in [0, 0.05) is 16.8 Å². The first-order valence-corrected chi connectivity index (χ1v) is 10.9. The van der Waals surface area contributed by atoms with Crippen LogP contribution in [-0.4, -0.2) is 31.0 Å². The summed E-state index contributed by atoms with van der Waals surface area (Å²) in [5.41, 5.74) is 4.48. The number of hydrogen-bond donors (Lipinski definition) is 1. The fraction of sp³-hybridized carbons (Fsp3) is 0.214. The molecule has 1 atom stereocenters. The summed E-state index contributed by atoms with van der Waals surface area (Å²) < 4.78 is 10.9. The topological polar surface area (TPSA) is 76.1 Å². The number of hydrogen-bond acceptors (Lipinski definition) is 5. The number of amides is 1. The average Bonchev–Trinajstić information content (AvgIpc) is 3.10. The fourth-order valence-corrected chi connectivity index (χ4v) is 4.34. The van der Waals surface area contributed by atoms with Crippen LogP contribution in [0.3, 0.4) is 0 Å². The minimum absolute atomic E-state index is 0.0114. The maximum absolute atomic E-state index is 13.4. The van der Waals surface area contributed by atoms with Crippen LogP contribution in [0.2, 0.25) is 0 Å². The highest BCUT2D eigenvalue weighted by Gasteiger charge is 2.48. The molecule has 3 aromatic carbocycles. The van der Waals surface area contributed by atoms with E-state index >= 15 is 0 Å². The van der Waals surface area contributed by atoms with E-state index in [1.165, 1.54) is 12.0 Å². The molecule has 1 amide bonds. The number of nitrogens with zero attached hydrogens (tertiary/aromatic N) is 1. The van der Waals surface area contributed by atoms with Gasteiger partial charge in [-0.25, -0.2) is 0 Å². The van der Waals surface area contributed by atoms with Crippen molar-refractivity contribution in [2.45, 2.75) is 26.8 Å². The number of aliphatic hydroxyl groups is 1. The SMILES string of the molecule is COc1ccc(/C(O)=C2\C(=O)C(=O)N(c3ccc(C)c(C)c3)C2c2ccccc2OC)cc1C. The third-order valence-corrected chi connectivity index (χ3v) is 6.31. The zero-order valence-electron chi connectivity index (χ0n) is 19.9. The van der Waals surface area contributed by atoms with E-state index in [9.17, 15) is 14.7 Å². The highest BCUT2D eigenvalue weighted by atomic mass is 16.5. The first-order chi connectivity index (χ1) is 16.3. The normalized spacial score (nSPS) is 17.2.